The van der Waals surface area contributed by atoms with Gasteiger partial charge in [0.05, 0.1) is 27.2 Å². The molecule has 3 rings (SSSR count). The molecule has 0 fully saturated rings. The summed E-state index contributed by atoms with van der Waals surface area (Å²) in [4.78, 5) is 20.9. The van der Waals surface area contributed by atoms with Gasteiger partial charge in [-0.15, -0.1) is 11.3 Å². The van der Waals surface area contributed by atoms with Gasteiger partial charge >= 0.3 is 5.97 Å². The second-order valence-corrected chi connectivity index (χ2v) is 5.08. The maximum Gasteiger partial charge on any atom is 0.336 e. The van der Waals surface area contributed by atoms with Crippen LogP contribution in [-0.2, 0) is 0 Å². The number of benzene rings is 1. The lowest BCUT2D eigenvalue weighted by Gasteiger charge is -2.07. The first-order valence-corrected chi connectivity index (χ1v) is 6.57. The summed E-state index contributed by atoms with van der Waals surface area (Å²) in [7, 11) is 0. The molecule has 19 heavy (non-hydrogen) atoms. The molecule has 4 nitrogen and oxygen atoms in total. The van der Waals surface area contributed by atoms with Crippen molar-refractivity contribution in [2.75, 3.05) is 0 Å². The molecular weight excluding hydrogens is 260 g/mol. The highest BCUT2D eigenvalue weighted by Gasteiger charge is 2.14. The van der Waals surface area contributed by atoms with Gasteiger partial charge in [0.25, 0.3) is 0 Å². The van der Waals surface area contributed by atoms with E-state index in [9.17, 15) is 9.90 Å². The number of aryl methyl sites for hydroxylation is 1. The molecule has 0 amide bonds. The summed E-state index contributed by atoms with van der Waals surface area (Å²) in [5, 5.41) is 10.0. The van der Waals surface area contributed by atoms with Gasteiger partial charge in [-0.05, 0) is 18.6 Å². The van der Waals surface area contributed by atoms with E-state index in [1.807, 2.05) is 19.1 Å². The molecule has 0 unspecified atom stereocenters. The van der Waals surface area contributed by atoms with E-state index < -0.39 is 5.97 Å². The van der Waals surface area contributed by atoms with Crippen LogP contribution in [0, 0.1) is 6.92 Å². The molecule has 1 aromatic carbocycles. The Bertz CT molecular complexity index is 766. The molecule has 0 aliphatic carbocycles. The Morgan fingerprint density at radius 1 is 1.37 bits per heavy atom. The third kappa shape index (κ3) is 1.98. The van der Waals surface area contributed by atoms with Gasteiger partial charge in [-0.2, -0.15) is 0 Å². The predicted octanol–water partition coefficient (Wildman–Crippen LogP) is 3.36. The van der Waals surface area contributed by atoms with E-state index >= 15 is 0 Å². The minimum absolute atomic E-state index is 0.275. The second-order valence-electron chi connectivity index (χ2n) is 4.20. The number of thiazole rings is 1. The molecule has 0 atom stereocenters. The van der Waals surface area contributed by atoms with Crippen molar-refractivity contribution in [1.82, 2.24) is 9.97 Å². The number of hydrogen-bond donors (Lipinski definition) is 1. The van der Waals surface area contributed by atoms with Crippen LogP contribution in [0.4, 0.5) is 0 Å². The van der Waals surface area contributed by atoms with Crippen LogP contribution in [0.1, 0.15) is 15.9 Å². The first-order chi connectivity index (χ1) is 9.16. The maximum absolute atomic E-state index is 11.4. The zero-order valence-electron chi connectivity index (χ0n) is 10.1. The molecule has 0 aliphatic heterocycles. The topological polar surface area (TPSA) is 63.1 Å². The molecule has 2 aromatic heterocycles. The zero-order valence-corrected chi connectivity index (χ0v) is 10.9. The number of hydrogen-bond acceptors (Lipinski definition) is 4. The summed E-state index contributed by atoms with van der Waals surface area (Å²) in [6.07, 6.45) is 1.70. The number of rotatable bonds is 2. The second kappa shape index (κ2) is 4.44. The molecular formula is C14H10N2O2S. The molecule has 3 aromatic rings. The van der Waals surface area contributed by atoms with Crippen LogP contribution in [-0.4, -0.2) is 21.0 Å². The van der Waals surface area contributed by atoms with Crippen LogP contribution in [0.2, 0.25) is 0 Å². The summed E-state index contributed by atoms with van der Waals surface area (Å²) >= 11 is 1.44. The monoisotopic (exact) mass is 270 g/mol. The Morgan fingerprint density at radius 3 is 2.89 bits per heavy atom. The minimum Gasteiger partial charge on any atom is -0.478 e. The smallest absolute Gasteiger partial charge is 0.336 e. The van der Waals surface area contributed by atoms with Gasteiger partial charge in [0.2, 0.25) is 0 Å². The summed E-state index contributed by atoms with van der Waals surface area (Å²) in [6, 6.07) is 7.17. The first kappa shape index (κ1) is 11.8. The van der Waals surface area contributed by atoms with E-state index in [0.717, 1.165) is 16.0 Å². The van der Waals surface area contributed by atoms with Crippen molar-refractivity contribution in [2.24, 2.45) is 0 Å². The number of fused-ring (bicyclic) bond motifs is 1. The van der Waals surface area contributed by atoms with Gasteiger partial charge in [0, 0.05) is 11.6 Å². The number of carboxylic acids is 1. The van der Waals surface area contributed by atoms with Crippen LogP contribution >= 0.6 is 11.3 Å². The van der Waals surface area contributed by atoms with Gasteiger partial charge < -0.3 is 5.11 Å². The Labute approximate surface area is 113 Å². The van der Waals surface area contributed by atoms with Crippen LogP contribution < -0.4 is 0 Å². The first-order valence-electron chi connectivity index (χ1n) is 5.69. The fourth-order valence-electron chi connectivity index (χ4n) is 2.04. The highest BCUT2D eigenvalue weighted by Crippen LogP contribution is 2.28. The lowest BCUT2D eigenvalue weighted by molar-refractivity contribution is 0.0699. The largest absolute Gasteiger partial charge is 0.478 e. The average molecular weight is 270 g/mol. The highest BCUT2D eigenvalue weighted by atomic mass is 32.1. The number of para-hydroxylation sites is 1. The summed E-state index contributed by atoms with van der Waals surface area (Å²) in [6.45, 7) is 1.93. The van der Waals surface area contributed by atoms with E-state index in [2.05, 4.69) is 9.97 Å². The van der Waals surface area contributed by atoms with E-state index in [1.54, 1.807) is 23.8 Å². The number of carboxylic acid groups (broad SMARTS) is 1. The lowest BCUT2D eigenvalue weighted by atomic mass is 10.0. The van der Waals surface area contributed by atoms with Crippen molar-refractivity contribution in [1.29, 1.82) is 0 Å². The normalized spacial score (nSPS) is 10.8. The molecule has 0 aliphatic rings. The van der Waals surface area contributed by atoms with E-state index in [0.29, 0.717) is 11.1 Å². The van der Waals surface area contributed by atoms with Gasteiger partial charge in [-0.3, -0.25) is 4.98 Å². The predicted molar refractivity (Wildman–Crippen MR) is 74.5 cm³/mol. The third-order valence-electron chi connectivity index (χ3n) is 2.96. The highest BCUT2D eigenvalue weighted by molar-refractivity contribution is 7.13. The molecule has 2 heterocycles. The molecule has 1 N–H and O–H groups in total. The van der Waals surface area contributed by atoms with Crippen molar-refractivity contribution in [3.63, 3.8) is 0 Å². The summed E-state index contributed by atoms with van der Waals surface area (Å²) < 4.78 is 0. The molecule has 94 valence electrons. The van der Waals surface area contributed by atoms with Gasteiger partial charge in [0.15, 0.2) is 0 Å². The van der Waals surface area contributed by atoms with E-state index in [-0.39, 0.29) is 5.56 Å². The SMILES string of the molecule is Cc1cccc2c(C(=O)O)cc(-c3cncs3)nc12. The molecule has 0 bridgehead atoms. The van der Waals surface area contributed by atoms with Gasteiger partial charge in [-0.1, -0.05) is 18.2 Å². The van der Waals surface area contributed by atoms with Crippen molar-refractivity contribution >= 4 is 28.2 Å². The molecule has 0 saturated heterocycles. The maximum atomic E-state index is 11.4. The van der Waals surface area contributed by atoms with Crippen molar-refractivity contribution in [3.8, 4) is 10.6 Å². The number of aromatic nitrogens is 2. The van der Waals surface area contributed by atoms with Crippen LogP contribution in [0.5, 0.6) is 0 Å². The van der Waals surface area contributed by atoms with E-state index in [1.165, 1.54) is 11.3 Å². The van der Waals surface area contributed by atoms with Crippen molar-refractivity contribution in [3.05, 3.63) is 47.1 Å². The minimum atomic E-state index is -0.941. The van der Waals surface area contributed by atoms with Crippen LogP contribution in [0.25, 0.3) is 21.5 Å². The lowest BCUT2D eigenvalue weighted by Crippen LogP contribution is -2.00. The third-order valence-corrected chi connectivity index (χ3v) is 3.75. The molecule has 0 spiro atoms. The summed E-state index contributed by atoms with van der Waals surface area (Å²) in [5.74, 6) is -0.941. The van der Waals surface area contributed by atoms with Crippen molar-refractivity contribution < 1.29 is 9.90 Å². The van der Waals surface area contributed by atoms with E-state index in [4.69, 9.17) is 0 Å². The number of pyridine rings is 1. The van der Waals surface area contributed by atoms with Crippen LogP contribution in [0.3, 0.4) is 0 Å². The molecule has 0 radical (unpaired) electrons. The zero-order chi connectivity index (χ0) is 13.4. The standard InChI is InChI=1S/C14H10N2O2S/c1-8-3-2-4-9-10(14(17)18)5-11(16-13(8)9)12-6-15-7-19-12/h2-7H,1H3,(H,17,18). The fourth-order valence-corrected chi connectivity index (χ4v) is 2.62. The number of aromatic carboxylic acids is 1. The summed E-state index contributed by atoms with van der Waals surface area (Å²) in [5.41, 5.74) is 4.33. The van der Waals surface area contributed by atoms with Crippen molar-refractivity contribution in [2.45, 2.75) is 6.92 Å². The Kier molecular flexibility index (Phi) is 2.76. The van der Waals surface area contributed by atoms with Gasteiger partial charge in [-0.25, -0.2) is 9.78 Å². The molecule has 5 heteroatoms. The van der Waals surface area contributed by atoms with Gasteiger partial charge in [0.1, 0.15) is 0 Å². The Hall–Kier alpha value is -2.27. The Balaban J connectivity index is 2.38. The quantitative estimate of drug-likeness (QED) is 0.775. The number of nitrogens with zero attached hydrogens (tertiary/aromatic N) is 2. The molecule has 0 saturated carbocycles. The fraction of sp³-hybridized carbons (Fsp3) is 0.0714. The van der Waals surface area contributed by atoms with Crippen LogP contribution in [0.15, 0.2) is 36.0 Å². The average Bonchev–Trinajstić information content (AvgIpc) is 2.92. The number of carbonyl (C=O) groups is 1. The Morgan fingerprint density at radius 2 is 2.21 bits per heavy atom.